The van der Waals surface area contributed by atoms with E-state index in [0.717, 1.165) is 17.0 Å². The van der Waals surface area contributed by atoms with Gasteiger partial charge in [0.15, 0.2) is 6.10 Å². The Balaban J connectivity index is 1.61. The molecule has 0 saturated carbocycles. The van der Waals surface area contributed by atoms with Gasteiger partial charge in [-0.25, -0.2) is 0 Å². The van der Waals surface area contributed by atoms with Crippen LogP contribution in [0.2, 0.25) is 0 Å². The highest BCUT2D eigenvalue weighted by molar-refractivity contribution is 5.96. The first kappa shape index (κ1) is 12.7. The molecular formula is C16H15NO3. The van der Waals surface area contributed by atoms with Crippen LogP contribution in [0.5, 0.6) is 5.75 Å². The minimum atomic E-state index is -0.403. The Kier molecular flexibility index (Phi) is 3.39. The van der Waals surface area contributed by atoms with Gasteiger partial charge in [0.25, 0.3) is 5.91 Å². The van der Waals surface area contributed by atoms with Gasteiger partial charge >= 0.3 is 0 Å². The first-order valence-electron chi connectivity index (χ1n) is 6.43. The van der Waals surface area contributed by atoms with E-state index in [2.05, 4.69) is 5.32 Å². The van der Waals surface area contributed by atoms with E-state index in [1.54, 1.807) is 31.4 Å². The fraction of sp³-hybridized carbons (Fsp3) is 0.188. The van der Waals surface area contributed by atoms with Crippen LogP contribution in [0.3, 0.4) is 0 Å². The Hall–Kier alpha value is -2.33. The zero-order valence-electron chi connectivity index (χ0n) is 11.1. The van der Waals surface area contributed by atoms with E-state index in [0.29, 0.717) is 0 Å². The first-order chi connectivity index (χ1) is 9.78. The molecule has 102 valence electrons. The average molecular weight is 269 g/mol. The highest BCUT2D eigenvalue weighted by Crippen LogP contribution is 2.39. The summed E-state index contributed by atoms with van der Waals surface area (Å²) in [4.78, 5) is 12.0. The lowest BCUT2D eigenvalue weighted by molar-refractivity contribution is -0.117. The Labute approximate surface area is 117 Å². The quantitative estimate of drug-likeness (QED) is 0.868. The molecule has 0 aromatic heterocycles. The van der Waals surface area contributed by atoms with Crippen molar-refractivity contribution in [3.05, 3.63) is 60.2 Å². The predicted molar refractivity (Wildman–Crippen MR) is 75.7 cm³/mol. The van der Waals surface area contributed by atoms with Gasteiger partial charge in [-0.2, -0.15) is 0 Å². The standard InChI is InChI=1S/C16H15NO3/c1-19-13-9-7-12(8-10-13)17-16(18)15-14(20-15)11-5-3-2-4-6-11/h2-10,14-15H,1H3,(H,17,18)/t14-,15-/m0/s1. The number of hydrogen-bond donors (Lipinski definition) is 1. The zero-order chi connectivity index (χ0) is 13.9. The van der Waals surface area contributed by atoms with Crippen molar-refractivity contribution < 1.29 is 14.3 Å². The van der Waals surface area contributed by atoms with Crippen LogP contribution in [0, 0.1) is 0 Å². The lowest BCUT2D eigenvalue weighted by Crippen LogP contribution is -2.18. The number of nitrogens with one attached hydrogen (secondary N) is 1. The van der Waals surface area contributed by atoms with Gasteiger partial charge in [-0.15, -0.1) is 0 Å². The Morgan fingerprint density at radius 1 is 1.10 bits per heavy atom. The van der Waals surface area contributed by atoms with Crippen LogP contribution in [-0.2, 0) is 9.53 Å². The van der Waals surface area contributed by atoms with E-state index in [-0.39, 0.29) is 12.0 Å². The lowest BCUT2D eigenvalue weighted by atomic mass is 10.1. The molecule has 0 bridgehead atoms. The second-order valence-electron chi connectivity index (χ2n) is 4.61. The normalized spacial score (nSPS) is 20.2. The van der Waals surface area contributed by atoms with Gasteiger partial charge in [0.05, 0.1) is 7.11 Å². The second kappa shape index (κ2) is 5.35. The SMILES string of the molecule is COc1ccc(NC(=O)[C@H]2O[C@H]2c2ccccc2)cc1. The number of rotatable bonds is 4. The van der Waals surface area contributed by atoms with Crippen molar-refractivity contribution in [2.24, 2.45) is 0 Å². The highest BCUT2D eigenvalue weighted by Gasteiger charge is 2.45. The van der Waals surface area contributed by atoms with Crippen LogP contribution in [-0.4, -0.2) is 19.1 Å². The minimum Gasteiger partial charge on any atom is -0.497 e. The molecule has 20 heavy (non-hydrogen) atoms. The number of anilines is 1. The number of ether oxygens (including phenoxy) is 2. The monoisotopic (exact) mass is 269 g/mol. The molecule has 1 heterocycles. The molecule has 4 nitrogen and oxygen atoms in total. The molecule has 0 unspecified atom stereocenters. The average Bonchev–Trinajstić information content (AvgIpc) is 3.29. The maximum atomic E-state index is 12.0. The van der Waals surface area contributed by atoms with Crippen LogP contribution in [0.25, 0.3) is 0 Å². The molecule has 0 radical (unpaired) electrons. The smallest absolute Gasteiger partial charge is 0.256 e. The number of methoxy groups -OCH3 is 1. The summed E-state index contributed by atoms with van der Waals surface area (Å²) >= 11 is 0. The van der Waals surface area contributed by atoms with Crippen molar-refractivity contribution in [1.82, 2.24) is 0 Å². The molecule has 1 saturated heterocycles. The largest absolute Gasteiger partial charge is 0.497 e. The summed E-state index contributed by atoms with van der Waals surface area (Å²) in [7, 11) is 1.61. The van der Waals surface area contributed by atoms with Crippen LogP contribution in [0.15, 0.2) is 54.6 Å². The summed E-state index contributed by atoms with van der Waals surface area (Å²) in [6.07, 6.45) is -0.533. The van der Waals surface area contributed by atoms with E-state index in [1.165, 1.54) is 0 Å². The number of amides is 1. The van der Waals surface area contributed by atoms with E-state index in [9.17, 15) is 4.79 Å². The maximum absolute atomic E-state index is 12.0. The van der Waals surface area contributed by atoms with Crippen molar-refractivity contribution in [2.75, 3.05) is 12.4 Å². The van der Waals surface area contributed by atoms with E-state index in [1.807, 2.05) is 30.3 Å². The Morgan fingerprint density at radius 2 is 1.80 bits per heavy atom. The van der Waals surface area contributed by atoms with Gasteiger partial charge < -0.3 is 14.8 Å². The summed E-state index contributed by atoms with van der Waals surface area (Å²) in [5.41, 5.74) is 1.76. The second-order valence-corrected chi connectivity index (χ2v) is 4.61. The van der Waals surface area contributed by atoms with Gasteiger partial charge in [-0.05, 0) is 29.8 Å². The van der Waals surface area contributed by atoms with Gasteiger partial charge in [-0.3, -0.25) is 4.79 Å². The number of carbonyl (C=O) groups is 1. The third-order valence-electron chi connectivity index (χ3n) is 3.24. The fourth-order valence-electron chi connectivity index (χ4n) is 2.10. The van der Waals surface area contributed by atoms with Gasteiger partial charge in [0.1, 0.15) is 11.9 Å². The van der Waals surface area contributed by atoms with Crippen LogP contribution >= 0.6 is 0 Å². The molecule has 3 rings (SSSR count). The molecule has 1 aliphatic rings. The molecule has 2 aromatic rings. The zero-order valence-corrected chi connectivity index (χ0v) is 11.1. The lowest BCUT2D eigenvalue weighted by Gasteiger charge is -2.04. The highest BCUT2D eigenvalue weighted by atomic mass is 16.6. The van der Waals surface area contributed by atoms with Crippen LogP contribution in [0.4, 0.5) is 5.69 Å². The van der Waals surface area contributed by atoms with E-state index in [4.69, 9.17) is 9.47 Å². The molecule has 4 heteroatoms. The molecule has 0 aliphatic carbocycles. The van der Waals surface area contributed by atoms with Crippen molar-refractivity contribution in [1.29, 1.82) is 0 Å². The van der Waals surface area contributed by atoms with Gasteiger partial charge in [0.2, 0.25) is 0 Å². The summed E-state index contributed by atoms with van der Waals surface area (Å²) in [6.45, 7) is 0. The predicted octanol–water partition coefficient (Wildman–Crippen LogP) is 2.77. The molecular weight excluding hydrogens is 254 g/mol. The minimum absolute atomic E-state index is 0.121. The third-order valence-corrected chi connectivity index (χ3v) is 3.24. The molecule has 1 fully saturated rings. The molecule has 1 aliphatic heterocycles. The molecule has 2 atom stereocenters. The molecule has 2 aromatic carbocycles. The topological polar surface area (TPSA) is 50.9 Å². The third kappa shape index (κ3) is 2.65. The van der Waals surface area contributed by atoms with Crippen molar-refractivity contribution in [3.8, 4) is 5.75 Å². The van der Waals surface area contributed by atoms with Crippen molar-refractivity contribution in [2.45, 2.75) is 12.2 Å². The number of benzene rings is 2. The summed E-state index contributed by atoms with van der Waals surface area (Å²) in [5, 5.41) is 2.84. The van der Waals surface area contributed by atoms with E-state index >= 15 is 0 Å². The fourth-order valence-corrected chi connectivity index (χ4v) is 2.10. The Bertz CT molecular complexity index is 595. The molecule has 1 N–H and O–H groups in total. The first-order valence-corrected chi connectivity index (χ1v) is 6.43. The maximum Gasteiger partial charge on any atom is 0.256 e. The van der Waals surface area contributed by atoms with Crippen molar-refractivity contribution in [3.63, 3.8) is 0 Å². The molecule has 1 amide bonds. The van der Waals surface area contributed by atoms with Gasteiger partial charge in [-0.1, -0.05) is 30.3 Å². The van der Waals surface area contributed by atoms with Gasteiger partial charge in [0, 0.05) is 5.69 Å². The van der Waals surface area contributed by atoms with Crippen LogP contribution < -0.4 is 10.1 Å². The summed E-state index contributed by atoms with van der Waals surface area (Å²) in [5.74, 6) is 0.636. The van der Waals surface area contributed by atoms with Crippen molar-refractivity contribution >= 4 is 11.6 Å². The number of carbonyl (C=O) groups excluding carboxylic acids is 1. The summed E-state index contributed by atoms with van der Waals surface area (Å²) in [6, 6.07) is 17.0. The summed E-state index contributed by atoms with van der Waals surface area (Å²) < 4.78 is 10.5. The molecule has 0 spiro atoms. The number of hydrogen-bond acceptors (Lipinski definition) is 3. The number of epoxide rings is 1. The van der Waals surface area contributed by atoms with E-state index < -0.39 is 6.10 Å². The van der Waals surface area contributed by atoms with Crippen LogP contribution in [0.1, 0.15) is 11.7 Å². The Morgan fingerprint density at radius 3 is 2.45 bits per heavy atom.